The van der Waals surface area contributed by atoms with Gasteiger partial charge in [-0.25, -0.2) is 24.4 Å². The second-order valence-electron chi connectivity index (χ2n) is 9.34. The number of hydrogen-bond acceptors (Lipinski definition) is 10. The minimum absolute atomic E-state index is 0.0166. The number of anilines is 3. The lowest BCUT2D eigenvalue weighted by atomic mass is 10.0. The third-order valence-corrected chi connectivity index (χ3v) is 7.22. The van der Waals surface area contributed by atoms with Crippen LogP contribution in [-0.4, -0.2) is 77.1 Å². The summed E-state index contributed by atoms with van der Waals surface area (Å²) in [5.41, 5.74) is 6.29. The second-order valence-corrected chi connectivity index (χ2v) is 9.75. The Hall–Kier alpha value is -4.07. The van der Waals surface area contributed by atoms with Crippen LogP contribution in [-0.2, 0) is 0 Å². The van der Waals surface area contributed by atoms with Gasteiger partial charge in [0.25, 0.3) is 5.91 Å². The lowest BCUT2D eigenvalue weighted by molar-refractivity contribution is -0.0418. The molecule has 0 saturated carbocycles. The normalized spacial score (nSPS) is 18.1. The molecule has 2 aliphatic rings. The average molecular weight is 572 g/mol. The minimum atomic E-state index is -1.26. The van der Waals surface area contributed by atoms with E-state index in [1.807, 2.05) is 11.9 Å². The van der Waals surface area contributed by atoms with Gasteiger partial charge in [0.2, 0.25) is 5.82 Å². The van der Waals surface area contributed by atoms with Crippen LogP contribution in [0.5, 0.6) is 5.75 Å². The summed E-state index contributed by atoms with van der Waals surface area (Å²) >= 11 is 6.42. The standard InChI is InChI=1S/C26H28ClF2N9O2/c1-13(25-36-16-5-3-4-15(27)18(16)26(39)38(25)37-10-8-32-9-11-37)35-24-19(23(31)33-12-34-24)22(30)14-6-7-17(40-2)21(29)20(14)28/h3-7,12-13,25,30,32,36H,8-11H2,1-2H3,(H3,31,33,34,35). The van der Waals surface area contributed by atoms with E-state index in [0.29, 0.717) is 42.5 Å². The van der Waals surface area contributed by atoms with Crippen LogP contribution in [0, 0.1) is 17.0 Å². The molecular weight excluding hydrogens is 544 g/mol. The van der Waals surface area contributed by atoms with Gasteiger partial charge in [-0.2, -0.15) is 4.39 Å². The van der Waals surface area contributed by atoms with Crippen molar-refractivity contribution in [2.75, 3.05) is 49.7 Å². The van der Waals surface area contributed by atoms with E-state index in [2.05, 4.69) is 25.9 Å². The molecule has 2 aliphatic heterocycles. The van der Waals surface area contributed by atoms with E-state index in [4.69, 9.17) is 27.5 Å². The minimum Gasteiger partial charge on any atom is -0.494 e. The molecule has 1 aromatic heterocycles. The van der Waals surface area contributed by atoms with Gasteiger partial charge in [0.1, 0.15) is 24.1 Å². The Morgan fingerprint density at radius 2 is 1.98 bits per heavy atom. The van der Waals surface area contributed by atoms with Gasteiger partial charge in [-0.05, 0) is 31.2 Å². The van der Waals surface area contributed by atoms with Crippen molar-refractivity contribution in [2.24, 2.45) is 0 Å². The van der Waals surface area contributed by atoms with Crippen LogP contribution in [0.1, 0.15) is 28.4 Å². The van der Waals surface area contributed by atoms with Gasteiger partial charge in [0.05, 0.1) is 40.7 Å². The smallest absolute Gasteiger partial charge is 0.273 e. The fourth-order valence-electron chi connectivity index (χ4n) is 4.90. The third kappa shape index (κ3) is 4.87. The predicted octanol–water partition coefficient (Wildman–Crippen LogP) is 2.93. The van der Waals surface area contributed by atoms with Crippen LogP contribution in [0.25, 0.3) is 0 Å². The number of aromatic nitrogens is 2. The predicted molar refractivity (Wildman–Crippen MR) is 148 cm³/mol. The number of methoxy groups -OCH3 is 1. The van der Waals surface area contributed by atoms with E-state index >= 15 is 0 Å². The van der Waals surface area contributed by atoms with Crippen LogP contribution in [0.4, 0.5) is 26.1 Å². The molecular formula is C26H28ClF2N9O2. The highest BCUT2D eigenvalue weighted by Gasteiger charge is 2.40. The monoisotopic (exact) mass is 571 g/mol. The third-order valence-electron chi connectivity index (χ3n) is 6.90. The highest BCUT2D eigenvalue weighted by molar-refractivity contribution is 6.34. The number of hydrazine groups is 1. The van der Waals surface area contributed by atoms with Crippen molar-refractivity contribution in [3.63, 3.8) is 0 Å². The molecule has 3 aromatic rings. The maximum Gasteiger partial charge on any atom is 0.273 e. The zero-order chi connectivity index (χ0) is 28.6. The molecule has 2 aromatic carbocycles. The summed E-state index contributed by atoms with van der Waals surface area (Å²) in [6.07, 6.45) is 0.597. The van der Waals surface area contributed by atoms with Crippen molar-refractivity contribution < 1.29 is 18.3 Å². The van der Waals surface area contributed by atoms with Crippen LogP contribution in [0.3, 0.4) is 0 Å². The summed E-state index contributed by atoms with van der Waals surface area (Å²) in [5, 5.41) is 22.5. The fourth-order valence-corrected chi connectivity index (χ4v) is 5.16. The van der Waals surface area contributed by atoms with Crippen LogP contribution >= 0.6 is 11.6 Å². The summed E-state index contributed by atoms with van der Waals surface area (Å²) in [6, 6.07) is 7.13. The van der Waals surface area contributed by atoms with Gasteiger partial charge in [-0.15, -0.1) is 0 Å². The highest BCUT2D eigenvalue weighted by atomic mass is 35.5. The molecule has 40 heavy (non-hydrogen) atoms. The fraction of sp³-hybridized carbons (Fsp3) is 0.308. The number of nitrogens with two attached hydrogens (primary N) is 1. The Bertz CT molecular complexity index is 1470. The number of hydrogen-bond donors (Lipinski definition) is 5. The molecule has 14 heteroatoms. The molecule has 6 N–H and O–H groups in total. The van der Waals surface area contributed by atoms with Gasteiger partial charge >= 0.3 is 0 Å². The number of nitrogens with zero attached hydrogens (tertiary/aromatic N) is 4. The number of nitrogen functional groups attached to an aromatic ring is 1. The van der Waals surface area contributed by atoms with Crippen molar-refractivity contribution in [1.82, 2.24) is 25.3 Å². The molecule has 0 radical (unpaired) electrons. The van der Waals surface area contributed by atoms with E-state index in [0.717, 1.165) is 0 Å². The van der Waals surface area contributed by atoms with Crippen LogP contribution in [0.15, 0.2) is 36.7 Å². The molecule has 5 rings (SSSR count). The summed E-state index contributed by atoms with van der Waals surface area (Å²) in [7, 11) is 1.22. The zero-order valence-electron chi connectivity index (χ0n) is 21.8. The first-order valence-corrected chi connectivity index (χ1v) is 12.9. The largest absolute Gasteiger partial charge is 0.494 e. The number of carbonyl (C=O) groups excluding carboxylic acids is 1. The lowest BCUT2D eigenvalue weighted by Crippen LogP contribution is -2.65. The van der Waals surface area contributed by atoms with Gasteiger partial charge in [0, 0.05) is 31.7 Å². The molecule has 1 saturated heterocycles. The molecule has 11 nitrogen and oxygen atoms in total. The van der Waals surface area contributed by atoms with E-state index < -0.39 is 29.6 Å². The molecule has 0 bridgehead atoms. The summed E-state index contributed by atoms with van der Waals surface area (Å²) in [6.45, 7) is 4.40. The van der Waals surface area contributed by atoms with Crippen molar-refractivity contribution in [3.05, 3.63) is 70.0 Å². The number of halogens is 3. The Morgan fingerprint density at radius 3 is 2.70 bits per heavy atom. The number of carbonyl (C=O) groups is 1. The Morgan fingerprint density at radius 1 is 1.23 bits per heavy atom. The van der Waals surface area contributed by atoms with E-state index in [1.54, 1.807) is 23.2 Å². The average Bonchev–Trinajstić information content (AvgIpc) is 2.94. The van der Waals surface area contributed by atoms with Gasteiger partial charge in [0.15, 0.2) is 11.6 Å². The SMILES string of the molecule is COc1ccc(C(=N)c2c(N)ncnc2NC(C)C2Nc3cccc(Cl)c3C(=O)N2N2CCNCC2)c(F)c1F. The molecule has 2 atom stereocenters. The Kier molecular flexibility index (Phi) is 7.70. The first kappa shape index (κ1) is 27.5. The summed E-state index contributed by atoms with van der Waals surface area (Å²) < 4.78 is 34.2. The number of amides is 1. The molecule has 3 heterocycles. The maximum absolute atomic E-state index is 14.9. The number of ether oxygens (including phenoxy) is 1. The number of benzene rings is 2. The van der Waals surface area contributed by atoms with Gasteiger partial charge in [-0.3, -0.25) is 10.2 Å². The number of fused-ring (bicyclic) bond motifs is 1. The quantitative estimate of drug-likeness (QED) is 0.270. The first-order chi connectivity index (χ1) is 19.2. The molecule has 0 spiro atoms. The zero-order valence-corrected chi connectivity index (χ0v) is 22.5. The Balaban J connectivity index is 1.50. The van der Waals surface area contributed by atoms with E-state index in [1.165, 1.54) is 25.6 Å². The van der Waals surface area contributed by atoms with E-state index in [-0.39, 0.29) is 34.4 Å². The number of piperazine rings is 1. The first-order valence-electron chi connectivity index (χ1n) is 12.5. The summed E-state index contributed by atoms with van der Waals surface area (Å²) in [5.74, 6) is -3.02. The van der Waals surface area contributed by atoms with Crippen molar-refractivity contribution in [3.8, 4) is 5.75 Å². The number of nitrogens with one attached hydrogen (secondary N) is 4. The van der Waals surface area contributed by atoms with Gasteiger partial charge in [-0.1, -0.05) is 17.7 Å². The second kappa shape index (κ2) is 11.2. The topological polar surface area (TPSA) is 145 Å². The van der Waals surface area contributed by atoms with E-state index in [9.17, 15) is 13.6 Å². The van der Waals surface area contributed by atoms with Crippen molar-refractivity contribution in [1.29, 1.82) is 5.41 Å². The highest BCUT2D eigenvalue weighted by Crippen LogP contribution is 2.34. The Labute approximate surface area is 234 Å². The lowest BCUT2D eigenvalue weighted by Gasteiger charge is -2.47. The molecule has 210 valence electrons. The molecule has 1 amide bonds. The van der Waals surface area contributed by atoms with Crippen molar-refractivity contribution >= 4 is 40.5 Å². The molecule has 2 unspecified atom stereocenters. The van der Waals surface area contributed by atoms with Crippen molar-refractivity contribution in [2.45, 2.75) is 19.1 Å². The molecule has 1 fully saturated rings. The van der Waals surface area contributed by atoms with Crippen LogP contribution in [0.2, 0.25) is 5.02 Å². The maximum atomic E-state index is 14.9. The number of rotatable bonds is 7. The summed E-state index contributed by atoms with van der Waals surface area (Å²) in [4.78, 5) is 22.0. The molecule has 0 aliphatic carbocycles. The van der Waals surface area contributed by atoms with Gasteiger partial charge < -0.3 is 26.4 Å². The van der Waals surface area contributed by atoms with Crippen LogP contribution < -0.4 is 26.4 Å².